The summed E-state index contributed by atoms with van der Waals surface area (Å²) < 4.78 is 1.37. The van der Waals surface area contributed by atoms with E-state index in [0.717, 1.165) is 16.6 Å². The van der Waals surface area contributed by atoms with E-state index in [0.29, 0.717) is 10.9 Å². The van der Waals surface area contributed by atoms with E-state index in [-0.39, 0.29) is 11.6 Å². The highest BCUT2D eigenvalue weighted by atomic mass is 35.5. The Morgan fingerprint density at radius 1 is 1.19 bits per heavy atom. The summed E-state index contributed by atoms with van der Waals surface area (Å²) in [5, 5.41) is 9.55. The number of hydrogen-bond donors (Lipinski definition) is 1. The second kappa shape index (κ2) is 7.76. The minimum Gasteiger partial charge on any atom is -0.357 e. The number of hydrogen-bond acceptors (Lipinski definition) is 5. The van der Waals surface area contributed by atoms with E-state index < -0.39 is 0 Å². The van der Waals surface area contributed by atoms with Crippen LogP contribution in [0, 0.1) is 5.92 Å². The maximum atomic E-state index is 11.9. The molecule has 4 rings (SSSR count). The van der Waals surface area contributed by atoms with Gasteiger partial charge in [-0.25, -0.2) is 4.98 Å². The van der Waals surface area contributed by atoms with Crippen molar-refractivity contribution in [2.24, 2.45) is 5.92 Å². The fourth-order valence-electron chi connectivity index (χ4n) is 3.71. The molecule has 0 aliphatic heterocycles. The van der Waals surface area contributed by atoms with Gasteiger partial charge in [-0.3, -0.25) is 4.79 Å². The molecule has 7 heteroatoms. The van der Waals surface area contributed by atoms with E-state index in [2.05, 4.69) is 27.5 Å². The van der Waals surface area contributed by atoms with Gasteiger partial charge in [0.25, 0.3) is 5.56 Å². The van der Waals surface area contributed by atoms with E-state index >= 15 is 0 Å². The monoisotopic (exact) mass is 388 g/mol. The van der Waals surface area contributed by atoms with E-state index in [1.54, 1.807) is 0 Å². The molecule has 1 atom stereocenters. The van der Waals surface area contributed by atoms with Crippen molar-refractivity contribution in [2.75, 3.05) is 5.32 Å². The van der Waals surface area contributed by atoms with Gasteiger partial charge in [0.1, 0.15) is 0 Å². The Labute approximate surface area is 161 Å². The average Bonchev–Trinajstić information content (AvgIpc) is 3.08. The molecule has 2 aromatic heterocycles. The van der Waals surface area contributed by atoms with Gasteiger partial charge in [0.05, 0.1) is 0 Å². The van der Waals surface area contributed by atoms with E-state index in [1.165, 1.54) is 65.8 Å². The van der Waals surface area contributed by atoms with Gasteiger partial charge in [0.2, 0.25) is 10.1 Å². The van der Waals surface area contributed by atoms with Crippen molar-refractivity contribution < 1.29 is 0 Å². The van der Waals surface area contributed by atoms with Crippen LogP contribution in [0.5, 0.6) is 0 Å². The van der Waals surface area contributed by atoms with Crippen molar-refractivity contribution >= 4 is 33.0 Å². The summed E-state index contributed by atoms with van der Waals surface area (Å²) in [6, 6.07) is 9.77. The summed E-state index contributed by atoms with van der Waals surface area (Å²) in [4.78, 5) is 16.8. The molecule has 136 valence electrons. The summed E-state index contributed by atoms with van der Waals surface area (Å²) in [5.74, 6) is 0.608. The molecular weight excluding hydrogens is 368 g/mol. The lowest BCUT2D eigenvalue weighted by Crippen LogP contribution is -2.33. The number of benzene rings is 1. The van der Waals surface area contributed by atoms with Crippen molar-refractivity contribution in [1.29, 1.82) is 0 Å². The minimum atomic E-state index is -0.147. The first-order chi connectivity index (χ1) is 12.7. The summed E-state index contributed by atoms with van der Waals surface area (Å²) >= 11 is 7.45. The zero-order valence-electron chi connectivity index (χ0n) is 14.4. The van der Waals surface area contributed by atoms with Crippen molar-refractivity contribution in [3.8, 4) is 0 Å². The molecule has 0 amide bonds. The second-order valence-electron chi connectivity index (χ2n) is 6.86. The first-order valence-electron chi connectivity index (χ1n) is 9.05. The number of fused-ring (bicyclic) bond motifs is 1. The first-order valence-corrected chi connectivity index (χ1v) is 10.2. The van der Waals surface area contributed by atoms with Gasteiger partial charge in [0, 0.05) is 23.3 Å². The molecule has 0 saturated heterocycles. The van der Waals surface area contributed by atoms with Crippen LogP contribution in [-0.2, 0) is 6.42 Å². The third kappa shape index (κ3) is 3.91. The Morgan fingerprint density at radius 3 is 2.69 bits per heavy atom. The van der Waals surface area contributed by atoms with Gasteiger partial charge in [-0.15, -0.1) is 5.10 Å². The highest BCUT2D eigenvalue weighted by molar-refractivity contribution is 7.20. The molecular formula is C19H21ClN4OS. The quantitative estimate of drug-likeness (QED) is 0.703. The van der Waals surface area contributed by atoms with Crippen LogP contribution < -0.4 is 10.9 Å². The van der Waals surface area contributed by atoms with Crippen LogP contribution in [0.25, 0.3) is 4.96 Å². The summed E-state index contributed by atoms with van der Waals surface area (Å²) in [6.07, 6.45) is 8.80. The van der Waals surface area contributed by atoms with Gasteiger partial charge in [-0.05, 0) is 42.9 Å². The van der Waals surface area contributed by atoms with Gasteiger partial charge < -0.3 is 5.32 Å². The van der Waals surface area contributed by atoms with Crippen LogP contribution in [0.3, 0.4) is 0 Å². The fourth-order valence-corrected chi connectivity index (χ4v) is 4.67. The lowest BCUT2D eigenvalue weighted by atomic mass is 9.81. The molecule has 1 N–H and O–H groups in total. The third-order valence-electron chi connectivity index (χ3n) is 5.07. The number of rotatable bonds is 5. The molecule has 26 heavy (non-hydrogen) atoms. The van der Waals surface area contributed by atoms with Crippen molar-refractivity contribution in [1.82, 2.24) is 14.6 Å². The Kier molecular flexibility index (Phi) is 5.22. The third-order valence-corrected chi connectivity index (χ3v) is 6.17. The molecule has 1 aliphatic rings. The van der Waals surface area contributed by atoms with Gasteiger partial charge in [-0.1, -0.05) is 54.3 Å². The number of halogens is 1. The highest BCUT2D eigenvalue weighted by Crippen LogP contribution is 2.31. The first kappa shape index (κ1) is 17.5. The highest BCUT2D eigenvalue weighted by Gasteiger charge is 2.25. The molecule has 2 heterocycles. The zero-order chi connectivity index (χ0) is 17.9. The maximum Gasteiger partial charge on any atom is 0.275 e. The van der Waals surface area contributed by atoms with E-state index in [1.807, 2.05) is 12.1 Å². The summed E-state index contributed by atoms with van der Waals surface area (Å²) in [5.41, 5.74) is 1.11. The number of aromatic nitrogens is 3. The number of nitrogens with zero attached hydrogens (tertiary/aromatic N) is 3. The van der Waals surface area contributed by atoms with E-state index in [4.69, 9.17) is 11.6 Å². The predicted molar refractivity (Wildman–Crippen MR) is 106 cm³/mol. The Balaban J connectivity index is 1.59. The maximum absolute atomic E-state index is 11.9. The van der Waals surface area contributed by atoms with Crippen LogP contribution in [-0.4, -0.2) is 20.6 Å². The molecule has 1 unspecified atom stereocenters. The molecule has 0 spiro atoms. The largest absolute Gasteiger partial charge is 0.357 e. The topological polar surface area (TPSA) is 59.3 Å². The Morgan fingerprint density at radius 2 is 1.96 bits per heavy atom. The van der Waals surface area contributed by atoms with Gasteiger partial charge >= 0.3 is 0 Å². The normalized spacial score (nSPS) is 16.7. The van der Waals surface area contributed by atoms with Crippen molar-refractivity contribution in [3.05, 3.63) is 57.5 Å². The molecule has 1 aliphatic carbocycles. The standard InChI is InChI=1S/C19H21ClN4OS/c20-15-8-6-13(7-9-15)12-16(14-4-2-1-3-5-14)22-18-23-24-17(25)10-11-21-19(24)26-18/h6-11,14,16H,1-5,12H2,(H,22,23). The van der Waals surface area contributed by atoms with Gasteiger partial charge in [0.15, 0.2) is 0 Å². The van der Waals surface area contributed by atoms with Crippen LogP contribution in [0.4, 0.5) is 5.13 Å². The van der Waals surface area contributed by atoms with Crippen molar-refractivity contribution in [3.63, 3.8) is 0 Å². The van der Waals surface area contributed by atoms with Crippen molar-refractivity contribution in [2.45, 2.75) is 44.6 Å². The summed E-state index contributed by atoms with van der Waals surface area (Å²) in [7, 11) is 0. The fraction of sp³-hybridized carbons (Fsp3) is 0.421. The van der Waals surface area contributed by atoms with Crippen LogP contribution in [0.2, 0.25) is 5.02 Å². The zero-order valence-corrected chi connectivity index (χ0v) is 16.0. The molecule has 0 bridgehead atoms. The Hall–Kier alpha value is -1.92. The lowest BCUT2D eigenvalue weighted by Gasteiger charge is -2.31. The average molecular weight is 389 g/mol. The number of nitrogens with one attached hydrogen (secondary N) is 1. The molecule has 3 aromatic rings. The lowest BCUT2D eigenvalue weighted by molar-refractivity contribution is 0.316. The van der Waals surface area contributed by atoms with Crippen LogP contribution in [0.1, 0.15) is 37.7 Å². The van der Waals surface area contributed by atoms with E-state index in [9.17, 15) is 4.79 Å². The van der Waals surface area contributed by atoms with Crippen LogP contribution in [0.15, 0.2) is 41.3 Å². The molecule has 5 nitrogen and oxygen atoms in total. The molecule has 1 saturated carbocycles. The SMILES string of the molecule is O=c1ccnc2sc(NC(Cc3ccc(Cl)cc3)C3CCCCC3)nn12. The van der Waals surface area contributed by atoms with Gasteiger partial charge in [-0.2, -0.15) is 4.52 Å². The predicted octanol–water partition coefficient (Wildman–Crippen LogP) is 4.41. The Bertz CT molecular complexity index is 931. The molecule has 1 fully saturated rings. The van der Waals surface area contributed by atoms with Crippen LogP contribution >= 0.6 is 22.9 Å². The minimum absolute atomic E-state index is 0.147. The molecule has 1 aromatic carbocycles. The second-order valence-corrected chi connectivity index (χ2v) is 8.26. The molecule has 0 radical (unpaired) electrons. The number of anilines is 1. The smallest absolute Gasteiger partial charge is 0.275 e. The summed E-state index contributed by atoms with van der Waals surface area (Å²) in [6.45, 7) is 0.